The molecule has 2 aromatic rings. The summed E-state index contributed by atoms with van der Waals surface area (Å²) in [6.45, 7) is 0. The number of halogens is 3. The molecule has 0 saturated heterocycles. The van der Waals surface area contributed by atoms with Crippen LogP contribution in [0.4, 0.5) is 13.2 Å². The minimum atomic E-state index is -4.40. The first kappa shape index (κ1) is 14.5. The number of thioether (sulfide) groups is 1. The Hall–Kier alpha value is -1.86. The third-order valence-corrected chi connectivity index (χ3v) is 3.37. The lowest BCUT2D eigenvalue weighted by atomic mass is 10.1. The third kappa shape index (κ3) is 3.58. The topological polar surface area (TPSA) is 0 Å². The smallest absolute Gasteiger partial charge is 0.166 e. The van der Waals surface area contributed by atoms with Crippen LogP contribution in [-0.4, -0.2) is 6.26 Å². The molecule has 0 saturated carbocycles. The van der Waals surface area contributed by atoms with Gasteiger partial charge in [-0.1, -0.05) is 30.0 Å². The zero-order valence-corrected chi connectivity index (χ0v) is 11.5. The fourth-order valence-corrected chi connectivity index (χ4v) is 2.09. The molecule has 2 rings (SSSR count). The molecule has 0 bridgehead atoms. The average Bonchev–Trinajstić information content (AvgIpc) is 2.45. The lowest BCUT2D eigenvalue weighted by Crippen LogP contribution is -2.07. The summed E-state index contributed by atoms with van der Waals surface area (Å²) in [6.07, 6.45) is -2.66. The normalized spacial score (nSPS) is 10.8. The number of hydrogen-bond acceptors (Lipinski definition) is 1. The summed E-state index contributed by atoms with van der Waals surface area (Å²) < 4.78 is 39.0. The van der Waals surface area contributed by atoms with Gasteiger partial charge in [-0.05, 0) is 36.6 Å². The van der Waals surface area contributed by atoms with Crippen molar-refractivity contribution in [1.29, 1.82) is 0 Å². The van der Waals surface area contributed by atoms with Gasteiger partial charge >= 0.3 is 6.18 Å². The molecule has 0 spiro atoms. The molecule has 0 aliphatic carbocycles. The molecule has 4 heteroatoms. The van der Waals surface area contributed by atoms with Crippen LogP contribution in [0.5, 0.6) is 0 Å². The first-order chi connectivity index (χ1) is 9.50. The first-order valence-electron chi connectivity index (χ1n) is 5.83. The van der Waals surface area contributed by atoms with Crippen molar-refractivity contribution < 1.29 is 13.2 Å². The van der Waals surface area contributed by atoms with Crippen molar-refractivity contribution in [3.05, 3.63) is 65.2 Å². The number of alkyl halides is 3. The molecule has 0 N–H and O–H groups in total. The van der Waals surface area contributed by atoms with Crippen molar-refractivity contribution in [1.82, 2.24) is 0 Å². The second kappa shape index (κ2) is 6.06. The Kier molecular flexibility index (Phi) is 4.41. The molecular weight excluding hydrogens is 281 g/mol. The Morgan fingerprint density at radius 2 is 1.65 bits per heavy atom. The fourth-order valence-electron chi connectivity index (χ4n) is 1.65. The number of hydrogen-bond donors (Lipinski definition) is 0. The van der Waals surface area contributed by atoms with Gasteiger partial charge in [0.25, 0.3) is 0 Å². The minimum absolute atomic E-state index is 0.000784. The van der Waals surface area contributed by atoms with Crippen LogP contribution in [0, 0.1) is 11.8 Å². The SMILES string of the molecule is CSc1ccc(C#Cc2ccccc2)c(C(F)(F)F)c1. The summed E-state index contributed by atoms with van der Waals surface area (Å²) in [6, 6.07) is 13.2. The highest BCUT2D eigenvalue weighted by molar-refractivity contribution is 7.98. The highest BCUT2D eigenvalue weighted by atomic mass is 32.2. The van der Waals surface area contributed by atoms with Gasteiger partial charge in [-0.25, -0.2) is 0 Å². The lowest BCUT2D eigenvalue weighted by Gasteiger charge is -2.10. The highest BCUT2D eigenvalue weighted by Crippen LogP contribution is 2.34. The van der Waals surface area contributed by atoms with E-state index in [2.05, 4.69) is 11.8 Å². The summed E-state index contributed by atoms with van der Waals surface area (Å²) in [5, 5.41) is 0. The van der Waals surface area contributed by atoms with Crippen LogP contribution in [-0.2, 0) is 6.18 Å². The highest BCUT2D eigenvalue weighted by Gasteiger charge is 2.33. The molecule has 0 aromatic heterocycles. The summed E-state index contributed by atoms with van der Waals surface area (Å²) in [5.41, 5.74) is 0.00139. The van der Waals surface area contributed by atoms with Crippen molar-refractivity contribution >= 4 is 11.8 Å². The molecule has 0 fully saturated rings. The Balaban J connectivity index is 2.45. The van der Waals surface area contributed by atoms with Gasteiger partial charge in [-0.2, -0.15) is 13.2 Å². The standard InChI is InChI=1S/C16H11F3S/c1-20-14-10-9-13(15(11-14)16(17,18)19)8-7-12-5-3-2-4-6-12/h2-6,9-11H,1H3. The van der Waals surface area contributed by atoms with E-state index in [0.29, 0.717) is 10.5 Å². The molecule has 0 amide bonds. The first-order valence-corrected chi connectivity index (χ1v) is 7.05. The number of rotatable bonds is 1. The van der Waals surface area contributed by atoms with E-state index in [4.69, 9.17) is 0 Å². The van der Waals surface area contributed by atoms with E-state index >= 15 is 0 Å². The number of benzene rings is 2. The average molecular weight is 292 g/mol. The van der Waals surface area contributed by atoms with E-state index in [-0.39, 0.29) is 5.56 Å². The van der Waals surface area contributed by atoms with Crippen LogP contribution in [0.25, 0.3) is 0 Å². The van der Waals surface area contributed by atoms with E-state index in [1.807, 2.05) is 6.07 Å². The van der Waals surface area contributed by atoms with Crippen molar-refractivity contribution in [2.45, 2.75) is 11.1 Å². The van der Waals surface area contributed by atoms with Crippen LogP contribution in [0.1, 0.15) is 16.7 Å². The molecule has 0 aliphatic rings. The molecule has 0 radical (unpaired) electrons. The van der Waals surface area contributed by atoms with E-state index in [0.717, 1.165) is 6.07 Å². The van der Waals surface area contributed by atoms with Crippen LogP contribution in [0.2, 0.25) is 0 Å². The Morgan fingerprint density at radius 3 is 2.25 bits per heavy atom. The van der Waals surface area contributed by atoms with E-state index in [1.165, 1.54) is 17.8 Å². The van der Waals surface area contributed by atoms with Crippen LogP contribution < -0.4 is 0 Å². The second-order valence-corrected chi connectivity index (χ2v) is 4.90. The van der Waals surface area contributed by atoms with E-state index in [1.54, 1.807) is 36.6 Å². The van der Waals surface area contributed by atoms with Gasteiger partial charge < -0.3 is 0 Å². The zero-order chi connectivity index (χ0) is 14.6. The summed E-state index contributed by atoms with van der Waals surface area (Å²) in [5.74, 6) is 5.36. The van der Waals surface area contributed by atoms with Gasteiger partial charge in [0, 0.05) is 16.0 Å². The molecule has 20 heavy (non-hydrogen) atoms. The van der Waals surface area contributed by atoms with Gasteiger partial charge in [0.15, 0.2) is 0 Å². The second-order valence-electron chi connectivity index (χ2n) is 4.03. The van der Waals surface area contributed by atoms with Crippen LogP contribution in [0.15, 0.2) is 53.4 Å². The Bertz CT molecular complexity index is 649. The lowest BCUT2D eigenvalue weighted by molar-refractivity contribution is -0.137. The summed E-state index contributed by atoms with van der Waals surface area (Å²) >= 11 is 1.27. The molecule has 2 aromatic carbocycles. The largest absolute Gasteiger partial charge is 0.417 e. The fraction of sp³-hybridized carbons (Fsp3) is 0.125. The summed E-state index contributed by atoms with van der Waals surface area (Å²) in [4.78, 5) is 0.572. The summed E-state index contributed by atoms with van der Waals surface area (Å²) in [7, 11) is 0. The monoisotopic (exact) mass is 292 g/mol. The Morgan fingerprint density at radius 1 is 0.950 bits per heavy atom. The third-order valence-electron chi connectivity index (χ3n) is 2.65. The minimum Gasteiger partial charge on any atom is -0.166 e. The van der Waals surface area contributed by atoms with Crippen LogP contribution >= 0.6 is 11.8 Å². The molecule has 0 aliphatic heterocycles. The van der Waals surface area contributed by atoms with E-state index in [9.17, 15) is 13.2 Å². The Labute approximate surface area is 120 Å². The molecule has 0 atom stereocenters. The maximum absolute atomic E-state index is 13.0. The molecular formula is C16H11F3S. The van der Waals surface area contributed by atoms with Gasteiger partial charge in [0.05, 0.1) is 5.56 Å². The maximum Gasteiger partial charge on any atom is 0.417 e. The molecule has 0 nitrogen and oxygen atoms in total. The van der Waals surface area contributed by atoms with Crippen molar-refractivity contribution in [3.8, 4) is 11.8 Å². The zero-order valence-electron chi connectivity index (χ0n) is 10.7. The molecule has 0 heterocycles. The predicted octanol–water partition coefficient (Wildman–Crippen LogP) is 4.83. The van der Waals surface area contributed by atoms with Gasteiger partial charge in [0.1, 0.15) is 0 Å². The van der Waals surface area contributed by atoms with Gasteiger partial charge in [-0.15, -0.1) is 11.8 Å². The van der Waals surface area contributed by atoms with Crippen molar-refractivity contribution in [3.63, 3.8) is 0 Å². The predicted molar refractivity (Wildman–Crippen MR) is 75.6 cm³/mol. The van der Waals surface area contributed by atoms with E-state index < -0.39 is 11.7 Å². The van der Waals surface area contributed by atoms with Gasteiger partial charge in [-0.3, -0.25) is 0 Å². The molecule has 102 valence electrons. The molecule has 0 unspecified atom stereocenters. The quantitative estimate of drug-likeness (QED) is 0.536. The van der Waals surface area contributed by atoms with Gasteiger partial charge in [0.2, 0.25) is 0 Å². The van der Waals surface area contributed by atoms with Crippen molar-refractivity contribution in [2.24, 2.45) is 0 Å². The van der Waals surface area contributed by atoms with Crippen LogP contribution in [0.3, 0.4) is 0 Å². The van der Waals surface area contributed by atoms with Crippen molar-refractivity contribution in [2.75, 3.05) is 6.26 Å². The maximum atomic E-state index is 13.0.